The first-order chi connectivity index (χ1) is 8.93. The fourth-order valence-electron chi connectivity index (χ4n) is 2.81. The maximum atomic E-state index is 9.65. The maximum absolute atomic E-state index is 9.65. The lowest BCUT2D eigenvalue weighted by Crippen LogP contribution is -2.51. The molecule has 2 N–H and O–H groups in total. The van der Waals surface area contributed by atoms with Crippen molar-refractivity contribution in [2.45, 2.75) is 71.3 Å². The van der Waals surface area contributed by atoms with Crippen LogP contribution in [0, 0.1) is 22.7 Å². The van der Waals surface area contributed by atoms with E-state index >= 15 is 0 Å². The van der Waals surface area contributed by atoms with Crippen LogP contribution in [0.15, 0.2) is 0 Å². The van der Waals surface area contributed by atoms with Gasteiger partial charge < -0.3 is 10.4 Å². The normalized spacial score (nSPS) is 28.1. The highest BCUT2D eigenvalue weighted by Crippen LogP contribution is 2.31. The molecule has 1 fully saturated rings. The van der Waals surface area contributed by atoms with Gasteiger partial charge in [0.25, 0.3) is 0 Å². The summed E-state index contributed by atoms with van der Waals surface area (Å²) in [6, 6.07) is 2.34. The number of unbranched alkanes of at least 4 members (excludes halogenated alkanes) is 1. The molecule has 0 aliphatic heterocycles. The molecule has 3 nitrogen and oxygen atoms in total. The van der Waals surface area contributed by atoms with Crippen LogP contribution in [-0.2, 0) is 0 Å². The van der Waals surface area contributed by atoms with Gasteiger partial charge in [-0.05, 0) is 64.8 Å². The fourth-order valence-corrected chi connectivity index (χ4v) is 2.81. The lowest BCUT2D eigenvalue weighted by atomic mass is 9.77. The third-order valence-electron chi connectivity index (χ3n) is 4.57. The van der Waals surface area contributed by atoms with Gasteiger partial charge in [0.05, 0.1) is 18.1 Å². The summed E-state index contributed by atoms with van der Waals surface area (Å²) in [6.45, 7) is 7.50. The topological polar surface area (TPSA) is 56.0 Å². The van der Waals surface area contributed by atoms with Gasteiger partial charge in [-0.3, -0.25) is 0 Å². The average molecular weight is 266 g/mol. The van der Waals surface area contributed by atoms with E-state index in [0.717, 1.165) is 44.6 Å². The zero-order valence-electron chi connectivity index (χ0n) is 12.8. The highest BCUT2D eigenvalue weighted by atomic mass is 16.3. The van der Waals surface area contributed by atoms with E-state index in [1.165, 1.54) is 12.8 Å². The SMILES string of the molecule is CC1CCC(CO)(NCCCCC(C)(C)C#N)CC1. The largest absolute Gasteiger partial charge is 0.394 e. The van der Waals surface area contributed by atoms with E-state index in [9.17, 15) is 5.11 Å². The zero-order valence-corrected chi connectivity index (χ0v) is 12.8. The van der Waals surface area contributed by atoms with Crippen molar-refractivity contribution in [1.82, 2.24) is 5.32 Å². The van der Waals surface area contributed by atoms with Crippen LogP contribution in [0.3, 0.4) is 0 Å². The zero-order chi connectivity index (χ0) is 14.4. The summed E-state index contributed by atoms with van der Waals surface area (Å²) >= 11 is 0. The summed E-state index contributed by atoms with van der Waals surface area (Å²) in [5.74, 6) is 0.804. The molecule has 0 heterocycles. The molecule has 1 aliphatic rings. The van der Waals surface area contributed by atoms with Crippen LogP contribution in [0.4, 0.5) is 0 Å². The second kappa shape index (κ2) is 7.26. The first-order valence-electron chi connectivity index (χ1n) is 7.70. The Bertz CT molecular complexity index is 298. The van der Waals surface area contributed by atoms with E-state index in [-0.39, 0.29) is 17.6 Å². The maximum Gasteiger partial charge on any atom is 0.0683 e. The second-order valence-corrected chi connectivity index (χ2v) is 7.00. The predicted molar refractivity (Wildman–Crippen MR) is 78.7 cm³/mol. The van der Waals surface area contributed by atoms with Gasteiger partial charge in [0.15, 0.2) is 0 Å². The summed E-state index contributed by atoms with van der Waals surface area (Å²) in [6.07, 6.45) is 7.73. The Morgan fingerprint density at radius 2 is 1.95 bits per heavy atom. The molecule has 0 aromatic rings. The van der Waals surface area contributed by atoms with Crippen molar-refractivity contribution in [1.29, 1.82) is 5.26 Å². The molecule has 19 heavy (non-hydrogen) atoms. The third kappa shape index (κ3) is 5.50. The Morgan fingerprint density at radius 1 is 1.32 bits per heavy atom. The molecule has 1 saturated carbocycles. The van der Waals surface area contributed by atoms with Gasteiger partial charge in [-0.25, -0.2) is 0 Å². The number of aliphatic hydroxyl groups excluding tert-OH is 1. The number of hydrogen-bond donors (Lipinski definition) is 2. The van der Waals surface area contributed by atoms with Crippen LogP contribution in [0.25, 0.3) is 0 Å². The molecule has 0 unspecified atom stereocenters. The van der Waals surface area contributed by atoms with Crippen molar-refractivity contribution in [3.63, 3.8) is 0 Å². The van der Waals surface area contributed by atoms with Crippen molar-refractivity contribution in [2.75, 3.05) is 13.2 Å². The molecule has 3 heteroatoms. The van der Waals surface area contributed by atoms with Crippen LogP contribution in [-0.4, -0.2) is 23.8 Å². The van der Waals surface area contributed by atoms with Crippen molar-refractivity contribution >= 4 is 0 Å². The first kappa shape index (κ1) is 16.5. The molecular weight excluding hydrogens is 236 g/mol. The molecule has 0 spiro atoms. The van der Waals surface area contributed by atoms with E-state index < -0.39 is 0 Å². The Hall–Kier alpha value is -0.590. The quantitative estimate of drug-likeness (QED) is 0.696. The van der Waals surface area contributed by atoms with E-state index in [4.69, 9.17) is 5.26 Å². The van der Waals surface area contributed by atoms with E-state index in [1.807, 2.05) is 13.8 Å². The molecule has 0 aromatic carbocycles. The third-order valence-corrected chi connectivity index (χ3v) is 4.57. The van der Waals surface area contributed by atoms with E-state index in [0.29, 0.717) is 0 Å². The average Bonchev–Trinajstić information content (AvgIpc) is 2.41. The van der Waals surface area contributed by atoms with Crippen LogP contribution in [0.2, 0.25) is 0 Å². The molecular formula is C16H30N2O. The molecule has 0 atom stereocenters. The number of nitriles is 1. The van der Waals surface area contributed by atoms with Gasteiger partial charge in [0.2, 0.25) is 0 Å². The number of aliphatic hydroxyl groups is 1. The van der Waals surface area contributed by atoms with E-state index in [1.54, 1.807) is 0 Å². The van der Waals surface area contributed by atoms with Gasteiger partial charge in [0.1, 0.15) is 0 Å². The highest BCUT2D eigenvalue weighted by Gasteiger charge is 2.32. The molecule has 0 radical (unpaired) electrons. The molecule has 1 aliphatic carbocycles. The summed E-state index contributed by atoms with van der Waals surface area (Å²) in [5, 5.41) is 22.2. The van der Waals surface area contributed by atoms with Gasteiger partial charge in [-0.15, -0.1) is 0 Å². The predicted octanol–water partition coefficient (Wildman–Crippen LogP) is 3.24. The first-order valence-corrected chi connectivity index (χ1v) is 7.70. The molecule has 0 aromatic heterocycles. The summed E-state index contributed by atoms with van der Waals surface area (Å²) in [5.41, 5.74) is -0.230. The van der Waals surface area contributed by atoms with Crippen LogP contribution >= 0.6 is 0 Å². The van der Waals surface area contributed by atoms with Crippen molar-refractivity contribution in [3.8, 4) is 6.07 Å². The van der Waals surface area contributed by atoms with Crippen LogP contribution in [0.1, 0.15) is 65.7 Å². The number of nitrogens with zero attached hydrogens (tertiary/aromatic N) is 1. The lowest BCUT2D eigenvalue weighted by molar-refractivity contribution is 0.105. The number of hydrogen-bond acceptors (Lipinski definition) is 3. The van der Waals surface area contributed by atoms with Crippen molar-refractivity contribution in [3.05, 3.63) is 0 Å². The lowest BCUT2D eigenvalue weighted by Gasteiger charge is -2.39. The number of nitrogens with one attached hydrogen (secondary N) is 1. The van der Waals surface area contributed by atoms with Crippen LogP contribution < -0.4 is 5.32 Å². The molecule has 0 bridgehead atoms. The Morgan fingerprint density at radius 3 is 2.47 bits per heavy atom. The molecule has 0 saturated heterocycles. The Balaban J connectivity index is 2.22. The minimum atomic E-state index is -0.199. The van der Waals surface area contributed by atoms with E-state index in [2.05, 4.69) is 18.3 Å². The summed E-state index contributed by atoms with van der Waals surface area (Å²) < 4.78 is 0. The summed E-state index contributed by atoms with van der Waals surface area (Å²) in [4.78, 5) is 0. The highest BCUT2D eigenvalue weighted by molar-refractivity contribution is 4.93. The minimum Gasteiger partial charge on any atom is -0.394 e. The van der Waals surface area contributed by atoms with Gasteiger partial charge in [-0.1, -0.05) is 13.3 Å². The van der Waals surface area contributed by atoms with Gasteiger partial charge in [0, 0.05) is 5.54 Å². The fraction of sp³-hybridized carbons (Fsp3) is 0.938. The molecule has 0 amide bonds. The molecule has 1 rings (SSSR count). The molecule has 110 valence electrons. The minimum absolute atomic E-state index is 0.0305. The monoisotopic (exact) mass is 266 g/mol. The second-order valence-electron chi connectivity index (χ2n) is 7.00. The number of rotatable bonds is 7. The van der Waals surface area contributed by atoms with Crippen LogP contribution in [0.5, 0.6) is 0 Å². The standard InChI is InChI=1S/C16H30N2O/c1-14-6-9-16(13-19,10-7-14)18-11-5-4-8-15(2,3)12-17/h14,18-19H,4-11,13H2,1-3H3. The Kier molecular flexibility index (Phi) is 6.29. The van der Waals surface area contributed by atoms with Gasteiger partial charge >= 0.3 is 0 Å². The van der Waals surface area contributed by atoms with Gasteiger partial charge in [-0.2, -0.15) is 5.26 Å². The smallest absolute Gasteiger partial charge is 0.0683 e. The Labute approximate surface area is 118 Å². The van der Waals surface area contributed by atoms with Crippen molar-refractivity contribution in [2.24, 2.45) is 11.3 Å². The summed E-state index contributed by atoms with van der Waals surface area (Å²) in [7, 11) is 0. The van der Waals surface area contributed by atoms with Crippen molar-refractivity contribution < 1.29 is 5.11 Å².